The molecule has 2 rings (SSSR count). The smallest absolute Gasteiger partial charge is 0.279 e. The van der Waals surface area contributed by atoms with E-state index in [1.54, 1.807) is 6.07 Å². The van der Waals surface area contributed by atoms with E-state index in [1.165, 1.54) is 0 Å². The molecule has 0 saturated heterocycles. The van der Waals surface area contributed by atoms with Crippen LogP contribution in [0.3, 0.4) is 0 Å². The van der Waals surface area contributed by atoms with E-state index >= 15 is 0 Å². The van der Waals surface area contributed by atoms with E-state index in [4.69, 9.17) is 4.74 Å². The summed E-state index contributed by atoms with van der Waals surface area (Å²) in [5.41, 5.74) is -0.0385. The van der Waals surface area contributed by atoms with Gasteiger partial charge in [-0.2, -0.15) is 0 Å². The highest BCUT2D eigenvalue weighted by Crippen LogP contribution is 2.34. The van der Waals surface area contributed by atoms with Gasteiger partial charge in [-0.3, -0.25) is 4.79 Å². The molecule has 0 unspecified atom stereocenters. The SMILES string of the molecule is CCCCC1(CCCC)[N]C(=O)c2ccccc2O1. The molecule has 0 bridgehead atoms. The average Bonchev–Trinajstić information content (AvgIpc) is 2.43. The summed E-state index contributed by atoms with van der Waals surface area (Å²) in [5.74, 6) is 0.559. The van der Waals surface area contributed by atoms with E-state index in [-0.39, 0.29) is 5.91 Å². The summed E-state index contributed by atoms with van der Waals surface area (Å²) in [6, 6.07) is 7.40. The zero-order valence-electron chi connectivity index (χ0n) is 11.8. The second-order valence-corrected chi connectivity index (χ2v) is 5.17. The number of hydrogen-bond donors (Lipinski definition) is 0. The van der Waals surface area contributed by atoms with Crippen molar-refractivity contribution in [3.05, 3.63) is 29.8 Å². The second-order valence-electron chi connectivity index (χ2n) is 5.17. The molecule has 0 fully saturated rings. The molecule has 1 heterocycles. The highest BCUT2D eigenvalue weighted by molar-refractivity contribution is 5.98. The molecule has 1 aromatic carbocycles. The minimum atomic E-state index is -0.628. The molecule has 0 aliphatic carbocycles. The van der Waals surface area contributed by atoms with Crippen LogP contribution >= 0.6 is 0 Å². The predicted molar refractivity (Wildman–Crippen MR) is 75.3 cm³/mol. The molecule has 1 aromatic rings. The van der Waals surface area contributed by atoms with Gasteiger partial charge in [0.05, 0.1) is 5.56 Å². The van der Waals surface area contributed by atoms with Gasteiger partial charge in [0.15, 0.2) is 0 Å². The molecule has 3 nitrogen and oxygen atoms in total. The van der Waals surface area contributed by atoms with Gasteiger partial charge in [-0.25, -0.2) is 5.32 Å². The van der Waals surface area contributed by atoms with Gasteiger partial charge in [0.25, 0.3) is 5.91 Å². The third-order valence-electron chi connectivity index (χ3n) is 3.56. The fourth-order valence-corrected chi connectivity index (χ4v) is 2.45. The molecular formula is C16H22NO2. The first-order chi connectivity index (χ1) is 9.21. The topological polar surface area (TPSA) is 40.4 Å². The van der Waals surface area contributed by atoms with Crippen LogP contribution in [0.2, 0.25) is 0 Å². The van der Waals surface area contributed by atoms with E-state index in [0.717, 1.165) is 38.5 Å². The molecule has 0 spiro atoms. The Morgan fingerprint density at radius 2 is 1.74 bits per heavy atom. The first kappa shape index (κ1) is 13.9. The summed E-state index contributed by atoms with van der Waals surface area (Å²) in [7, 11) is 0. The Kier molecular flexibility index (Phi) is 4.46. The number of hydrogen-bond acceptors (Lipinski definition) is 2. The van der Waals surface area contributed by atoms with Crippen LogP contribution in [0.5, 0.6) is 5.75 Å². The molecule has 3 heteroatoms. The standard InChI is InChI=1S/C16H22NO2/c1-3-5-11-16(12-6-4-2)17-15(18)13-9-7-8-10-14(13)19-16/h7-10H,3-6,11-12H2,1-2H3. The number of para-hydroxylation sites is 1. The van der Waals surface area contributed by atoms with Crippen LogP contribution in [-0.2, 0) is 0 Å². The summed E-state index contributed by atoms with van der Waals surface area (Å²) >= 11 is 0. The van der Waals surface area contributed by atoms with Crippen LogP contribution in [0.1, 0.15) is 62.7 Å². The van der Waals surface area contributed by atoms with Crippen LogP contribution in [0.25, 0.3) is 0 Å². The minimum Gasteiger partial charge on any atom is -0.465 e. The number of ether oxygens (including phenoxy) is 1. The number of carbonyl (C=O) groups is 1. The molecule has 0 aromatic heterocycles. The van der Waals surface area contributed by atoms with Crippen molar-refractivity contribution in [3.8, 4) is 5.75 Å². The van der Waals surface area contributed by atoms with Gasteiger partial charge in [-0.15, -0.1) is 0 Å². The summed E-state index contributed by atoms with van der Waals surface area (Å²) in [6.07, 6.45) is 5.88. The van der Waals surface area contributed by atoms with Crippen LogP contribution in [-0.4, -0.2) is 11.6 Å². The molecule has 1 amide bonds. The number of amides is 1. The van der Waals surface area contributed by atoms with E-state index in [9.17, 15) is 4.79 Å². The molecule has 19 heavy (non-hydrogen) atoms. The van der Waals surface area contributed by atoms with Gasteiger partial charge >= 0.3 is 0 Å². The maximum absolute atomic E-state index is 12.2. The van der Waals surface area contributed by atoms with E-state index in [1.807, 2.05) is 18.2 Å². The van der Waals surface area contributed by atoms with Gasteiger partial charge in [0, 0.05) is 12.8 Å². The molecule has 0 atom stereocenters. The Hall–Kier alpha value is -1.51. The Bertz CT molecular complexity index is 434. The lowest BCUT2D eigenvalue weighted by Crippen LogP contribution is -2.51. The summed E-state index contributed by atoms with van der Waals surface area (Å²) < 4.78 is 6.11. The third kappa shape index (κ3) is 3.09. The largest absolute Gasteiger partial charge is 0.465 e. The molecule has 1 aliphatic rings. The first-order valence-electron chi connectivity index (χ1n) is 7.26. The van der Waals surface area contributed by atoms with Crippen molar-refractivity contribution in [1.82, 2.24) is 5.32 Å². The normalized spacial score (nSPS) is 16.4. The van der Waals surface area contributed by atoms with Crippen molar-refractivity contribution >= 4 is 5.91 Å². The van der Waals surface area contributed by atoms with Crippen molar-refractivity contribution in [2.75, 3.05) is 0 Å². The first-order valence-corrected chi connectivity index (χ1v) is 7.26. The Balaban J connectivity index is 2.23. The van der Waals surface area contributed by atoms with Gasteiger partial charge in [0.2, 0.25) is 5.72 Å². The van der Waals surface area contributed by atoms with Crippen molar-refractivity contribution in [2.24, 2.45) is 0 Å². The number of fused-ring (bicyclic) bond motifs is 1. The van der Waals surface area contributed by atoms with Gasteiger partial charge in [-0.1, -0.05) is 38.8 Å². The highest BCUT2D eigenvalue weighted by Gasteiger charge is 2.40. The Morgan fingerprint density at radius 3 is 2.37 bits per heavy atom. The quantitative estimate of drug-likeness (QED) is 0.778. The van der Waals surface area contributed by atoms with Crippen molar-refractivity contribution in [2.45, 2.75) is 58.1 Å². The van der Waals surface area contributed by atoms with E-state index in [0.29, 0.717) is 11.3 Å². The van der Waals surface area contributed by atoms with Gasteiger partial charge in [-0.05, 0) is 25.0 Å². The van der Waals surface area contributed by atoms with Gasteiger partial charge in [0.1, 0.15) is 5.75 Å². The number of nitrogens with zero attached hydrogens (tertiary/aromatic N) is 1. The lowest BCUT2D eigenvalue weighted by Gasteiger charge is -2.37. The van der Waals surface area contributed by atoms with Crippen LogP contribution < -0.4 is 10.1 Å². The third-order valence-corrected chi connectivity index (χ3v) is 3.56. The van der Waals surface area contributed by atoms with Crippen molar-refractivity contribution in [3.63, 3.8) is 0 Å². The molecule has 1 aliphatic heterocycles. The lowest BCUT2D eigenvalue weighted by atomic mass is 9.96. The molecular weight excluding hydrogens is 238 g/mol. The monoisotopic (exact) mass is 260 g/mol. The van der Waals surface area contributed by atoms with Crippen LogP contribution in [0.15, 0.2) is 24.3 Å². The Labute approximate surface area is 115 Å². The molecule has 1 radical (unpaired) electrons. The number of unbranched alkanes of at least 4 members (excludes halogenated alkanes) is 2. The zero-order chi connectivity index (χ0) is 13.7. The summed E-state index contributed by atoms with van der Waals surface area (Å²) in [5, 5.41) is 4.37. The maximum atomic E-state index is 12.2. The fraction of sp³-hybridized carbons (Fsp3) is 0.562. The fourth-order valence-electron chi connectivity index (χ4n) is 2.45. The van der Waals surface area contributed by atoms with E-state index < -0.39 is 5.72 Å². The number of rotatable bonds is 6. The number of benzene rings is 1. The zero-order valence-corrected chi connectivity index (χ0v) is 11.8. The maximum Gasteiger partial charge on any atom is 0.279 e. The number of carbonyl (C=O) groups excluding carboxylic acids is 1. The summed E-state index contributed by atoms with van der Waals surface area (Å²) in [6.45, 7) is 4.29. The molecule has 0 saturated carbocycles. The predicted octanol–water partition coefficient (Wildman–Crippen LogP) is 3.90. The second kappa shape index (κ2) is 6.09. The van der Waals surface area contributed by atoms with E-state index in [2.05, 4.69) is 19.2 Å². The minimum absolute atomic E-state index is 0.131. The highest BCUT2D eigenvalue weighted by atomic mass is 16.5. The Morgan fingerprint density at radius 1 is 1.11 bits per heavy atom. The van der Waals surface area contributed by atoms with Crippen molar-refractivity contribution in [1.29, 1.82) is 0 Å². The average molecular weight is 260 g/mol. The molecule has 0 N–H and O–H groups in total. The molecule has 103 valence electrons. The van der Waals surface area contributed by atoms with Crippen molar-refractivity contribution < 1.29 is 9.53 Å². The van der Waals surface area contributed by atoms with Gasteiger partial charge < -0.3 is 4.74 Å². The summed E-state index contributed by atoms with van der Waals surface area (Å²) in [4.78, 5) is 12.2. The lowest BCUT2D eigenvalue weighted by molar-refractivity contribution is -0.000613. The van der Waals surface area contributed by atoms with Crippen LogP contribution in [0.4, 0.5) is 0 Å². The van der Waals surface area contributed by atoms with Crippen LogP contribution in [0, 0.1) is 0 Å².